The van der Waals surface area contributed by atoms with Crippen LogP contribution in [0.15, 0.2) is 0 Å². The number of carbonyl (C=O) groups excluding carboxylic acids is 4. The summed E-state index contributed by atoms with van der Waals surface area (Å²) in [4.78, 5) is 52.7. The summed E-state index contributed by atoms with van der Waals surface area (Å²) in [5.41, 5.74) is 2.40. The number of nitrogens with one attached hydrogen (secondary N) is 1. The van der Waals surface area contributed by atoms with Gasteiger partial charge in [-0.15, -0.1) is 20.4 Å². The second-order valence-electron chi connectivity index (χ2n) is 13.5. The van der Waals surface area contributed by atoms with Crippen molar-refractivity contribution in [2.24, 2.45) is 0 Å². The molecule has 0 aromatic carbocycles. The first kappa shape index (κ1) is 30.5. The van der Waals surface area contributed by atoms with Gasteiger partial charge in [-0.1, -0.05) is 41.5 Å². The van der Waals surface area contributed by atoms with Crippen LogP contribution in [0.3, 0.4) is 0 Å². The zero-order valence-corrected chi connectivity index (χ0v) is 26.5. The van der Waals surface area contributed by atoms with Crippen LogP contribution < -0.4 is 5.22 Å². The van der Waals surface area contributed by atoms with Gasteiger partial charge < -0.3 is 9.47 Å². The molecule has 4 aromatic heterocycles. The van der Waals surface area contributed by atoms with Crippen molar-refractivity contribution in [1.29, 1.82) is 0 Å². The molecule has 6 heterocycles. The van der Waals surface area contributed by atoms with Gasteiger partial charge in [-0.25, -0.2) is 4.52 Å². The minimum absolute atomic E-state index is 0.183. The molecule has 2 aliphatic heterocycles. The van der Waals surface area contributed by atoms with Crippen LogP contribution in [-0.2, 0) is 39.5 Å². The quantitative estimate of drug-likeness (QED) is 0.307. The molecule has 16 nitrogen and oxygen atoms in total. The van der Waals surface area contributed by atoms with Gasteiger partial charge in [-0.2, -0.15) is 9.61 Å². The summed E-state index contributed by atoms with van der Waals surface area (Å²) < 4.78 is 13.4. The Balaban J connectivity index is 1.54. The minimum atomic E-state index is -0.727. The predicted molar refractivity (Wildman–Crippen MR) is 156 cm³/mol. The predicted octanol–water partition coefficient (Wildman–Crippen LogP) is 0.531. The number of rotatable bonds is 5. The number of ether oxygens (including phenoxy) is 2. The fourth-order valence-corrected chi connectivity index (χ4v) is 5.86. The fourth-order valence-electron chi connectivity index (χ4n) is 5.86. The molecular formula is C29H36N10O6. The summed E-state index contributed by atoms with van der Waals surface area (Å²) >= 11 is 0. The lowest BCUT2D eigenvalue weighted by Crippen LogP contribution is -2.47. The maximum absolute atomic E-state index is 12.6. The van der Waals surface area contributed by atoms with Crippen LogP contribution in [-0.4, -0.2) is 99.5 Å². The number of carbonyl (C=O) groups is 4. The molecule has 2 fully saturated rings. The van der Waals surface area contributed by atoms with Crippen molar-refractivity contribution in [1.82, 2.24) is 49.4 Å². The zero-order chi connectivity index (χ0) is 32.6. The monoisotopic (exact) mass is 620 g/mol. The van der Waals surface area contributed by atoms with Crippen molar-refractivity contribution >= 4 is 41.0 Å². The molecule has 2 saturated heterocycles. The van der Waals surface area contributed by atoms with Crippen LogP contribution in [0.1, 0.15) is 96.1 Å². The highest BCUT2D eigenvalue weighted by atomic mass is 16.5. The Kier molecular flexibility index (Phi) is 7.11. The molecule has 0 radical (unpaired) electrons. The van der Waals surface area contributed by atoms with Gasteiger partial charge in [0.05, 0.1) is 17.8 Å². The molecule has 0 spiro atoms. The van der Waals surface area contributed by atoms with Gasteiger partial charge in [-0.05, 0) is 19.9 Å². The second-order valence-corrected chi connectivity index (χ2v) is 13.5. The molecule has 2 aliphatic rings. The van der Waals surface area contributed by atoms with Gasteiger partial charge in [0, 0.05) is 27.3 Å². The molecule has 0 saturated carbocycles. The third kappa shape index (κ3) is 4.97. The van der Waals surface area contributed by atoms with E-state index < -0.39 is 41.1 Å². The molecule has 0 aliphatic carbocycles. The van der Waals surface area contributed by atoms with Crippen molar-refractivity contribution < 1.29 is 28.7 Å². The van der Waals surface area contributed by atoms with E-state index in [0.29, 0.717) is 28.2 Å². The average molecular weight is 621 g/mol. The number of aromatic nitrogens is 8. The highest BCUT2D eigenvalue weighted by Gasteiger charge is 2.37. The van der Waals surface area contributed by atoms with E-state index >= 15 is 0 Å². The summed E-state index contributed by atoms with van der Waals surface area (Å²) in [7, 11) is 0. The Morgan fingerprint density at radius 3 is 1.71 bits per heavy atom. The third-order valence-corrected chi connectivity index (χ3v) is 8.03. The molecule has 16 heteroatoms. The summed E-state index contributed by atoms with van der Waals surface area (Å²) in [6.45, 7) is 14.9. The highest BCUT2D eigenvalue weighted by molar-refractivity contribution is 5.99. The van der Waals surface area contributed by atoms with Gasteiger partial charge in [0.1, 0.15) is 26.4 Å². The molecule has 4 amide bonds. The first-order valence-electron chi connectivity index (χ1n) is 14.7. The number of fused-ring (bicyclic) bond motifs is 2. The summed E-state index contributed by atoms with van der Waals surface area (Å²) in [6.07, 6.45) is 1.94. The average Bonchev–Trinajstić information content (AvgIpc) is 3.69. The standard InChI is InChI=1S/C29H36N10O6/c1-14(36-18(40)10-44-11-19(36)41)24-30-32-26-16(22(28(3,4)5)34-38(24)26)9-17-23(29(6,7)8)35-39-25(31-33-27(17)39)15(2)37-20(42)12-45-13-21(37)43/h9,14-15,34H,10-13H2,1-8H3. The van der Waals surface area contributed by atoms with Crippen LogP contribution in [0.25, 0.3) is 17.4 Å². The van der Waals surface area contributed by atoms with E-state index in [9.17, 15) is 19.2 Å². The Bertz CT molecular complexity index is 1890. The van der Waals surface area contributed by atoms with Crippen molar-refractivity contribution in [2.45, 2.75) is 78.3 Å². The van der Waals surface area contributed by atoms with Crippen LogP contribution in [0.4, 0.5) is 0 Å². The van der Waals surface area contributed by atoms with Crippen LogP contribution in [0.5, 0.6) is 0 Å². The first-order chi connectivity index (χ1) is 21.1. The van der Waals surface area contributed by atoms with E-state index in [1.54, 1.807) is 22.9 Å². The van der Waals surface area contributed by atoms with Gasteiger partial charge in [0.2, 0.25) is 0 Å². The topological polar surface area (TPSA) is 182 Å². The first-order valence-corrected chi connectivity index (χ1v) is 14.7. The molecule has 0 bridgehead atoms. The van der Waals surface area contributed by atoms with Crippen molar-refractivity contribution in [3.63, 3.8) is 0 Å². The molecule has 6 rings (SSSR count). The number of aromatic amines is 1. The van der Waals surface area contributed by atoms with E-state index in [4.69, 9.17) is 14.6 Å². The fraction of sp³-hybridized carbons (Fsp3) is 0.552. The van der Waals surface area contributed by atoms with Crippen LogP contribution in [0.2, 0.25) is 0 Å². The van der Waals surface area contributed by atoms with Crippen LogP contribution >= 0.6 is 0 Å². The smallest absolute Gasteiger partial charge is 0.255 e. The Morgan fingerprint density at radius 2 is 1.20 bits per heavy atom. The van der Waals surface area contributed by atoms with Gasteiger partial charge in [-0.3, -0.25) is 34.1 Å². The molecule has 238 valence electrons. The van der Waals surface area contributed by atoms with E-state index in [0.717, 1.165) is 26.8 Å². The van der Waals surface area contributed by atoms with Gasteiger partial charge in [0.25, 0.3) is 23.6 Å². The van der Waals surface area contributed by atoms with Crippen molar-refractivity contribution in [2.75, 3.05) is 26.4 Å². The molecule has 2 unspecified atom stereocenters. The Labute approximate surface area is 257 Å². The van der Waals surface area contributed by atoms with Crippen molar-refractivity contribution in [3.8, 4) is 0 Å². The summed E-state index contributed by atoms with van der Waals surface area (Å²) in [5.74, 6) is -1.06. The van der Waals surface area contributed by atoms with E-state index in [-0.39, 0.29) is 31.8 Å². The number of amides is 4. The largest absolute Gasteiger partial charge is 0.362 e. The lowest BCUT2D eigenvalue weighted by Gasteiger charge is -2.29. The maximum atomic E-state index is 12.6. The lowest BCUT2D eigenvalue weighted by molar-refractivity contribution is -0.162. The van der Waals surface area contributed by atoms with Gasteiger partial charge >= 0.3 is 0 Å². The lowest BCUT2D eigenvalue weighted by atomic mass is 9.88. The second kappa shape index (κ2) is 10.5. The summed E-state index contributed by atoms with van der Waals surface area (Å²) in [5, 5.41) is 26.7. The minimum Gasteiger partial charge on any atom is -0.362 e. The van der Waals surface area contributed by atoms with Gasteiger partial charge in [0.15, 0.2) is 22.9 Å². The number of imide groups is 2. The molecule has 45 heavy (non-hydrogen) atoms. The van der Waals surface area contributed by atoms with Crippen molar-refractivity contribution in [3.05, 3.63) is 33.8 Å². The maximum Gasteiger partial charge on any atom is 0.255 e. The number of morpholine rings is 2. The zero-order valence-electron chi connectivity index (χ0n) is 26.5. The number of H-pyrrole nitrogens is 1. The summed E-state index contributed by atoms with van der Waals surface area (Å²) in [6, 6.07) is -1.43. The molecule has 4 aromatic rings. The van der Waals surface area contributed by atoms with E-state index in [1.807, 2.05) is 26.8 Å². The molecule has 2 atom stereocenters. The van der Waals surface area contributed by atoms with E-state index in [1.165, 1.54) is 0 Å². The number of nitrogens with zero attached hydrogens (tertiary/aromatic N) is 9. The van der Waals surface area contributed by atoms with Crippen LogP contribution in [0, 0.1) is 0 Å². The molecular weight excluding hydrogens is 584 g/mol. The Morgan fingerprint density at radius 1 is 0.711 bits per heavy atom. The highest BCUT2D eigenvalue weighted by Crippen LogP contribution is 2.31. The normalized spacial score (nSPS) is 19.1. The third-order valence-electron chi connectivity index (χ3n) is 8.03. The number of hydrogen-bond donors (Lipinski definition) is 1. The number of hydrogen-bond acceptors (Lipinski definition) is 11. The SMILES string of the molecule is CC(c1nnc2c(=Cc3c(C(C)(C)C)[nH]n4c(C(C)N5C(=O)COCC5=O)nnc34)c(C(C)(C)C)nn12)N1C(=O)COCC1=O. The molecule has 1 N–H and O–H groups in total. The van der Waals surface area contributed by atoms with E-state index in [2.05, 4.69) is 46.3 Å². The Hall–Kier alpha value is -4.57.